The minimum atomic E-state index is -0.0743. The number of hydrogen-bond acceptors (Lipinski definition) is 5. The van der Waals surface area contributed by atoms with Crippen molar-refractivity contribution in [3.8, 4) is 0 Å². The first-order chi connectivity index (χ1) is 11.0. The molecule has 1 aromatic rings. The standard InChI is InChI=1S/C17H30N4O2/c1-13(2)9-14(3)10-21-12-16(18-19-21)11-20-7-5-15(6-8-20)17(22)23-4/h12-15H,5-11H2,1-4H3. The Bertz CT molecular complexity index is 493. The minimum absolute atomic E-state index is 0.0591. The normalized spacial score (nSPS) is 18.3. The fraction of sp³-hybridized carbons (Fsp3) is 0.824. The smallest absolute Gasteiger partial charge is 0.308 e. The molecule has 1 fully saturated rings. The Morgan fingerprint density at radius 2 is 2.04 bits per heavy atom. The molecule has 0 N–H and O–H groups in total. The van der Waals surface area contributed by atoms with E-state index in [4.69, 9.17) is 4.74 Å². The number of carbonyl (C=O) groups is 1. The monoisotopic (exact) mass is 322 g/mol. The summed E-state index contributed by atoms with van der Waals surface area (Å²) >= 11 is 0. The highest BCUT2D eigenvalue weighted by molar-refractivity contribution is 5.72. The third-order valence-corrected chi connectivity index (χ3v) is 4.47. The summed E-state index contributed by atoms with van der Waals surface area (Å²) in [4.78, 5) is 13.9. The Morgan fingerprint density at radius 1 is 1.35 bits per heavy atom. The zero-order valence-corrected chi connectivity index (χ0v) is 14.9. The molecular weight excluding hydrogens is 292 g/mol. The second-order valence-corrected chi connectivity index (χ2v) is 7.24. The van der Waals surface area contributed by atoms with Crippen molar-refractivity contribution in [2.24, 2.45) is 17.8 Å². The van der Waals surface area contributed by atoms with Crippen molar-refractivity contribution in [3.63, 3.8) is 0 Å². The Hall–Kier alpha value is -1.43. The lowest BCUT2D eigenvalue weighted by atomic mass is 9.97. The van der Waals surface area contributed by atoms with E-state index in [1.165, 1.54) is 13.5 Å². The predicted octanol–water partition coefficient (Wildman–Crippen LogP) is 2.35. The van der Waals surface area contributed by atoms with E-state index in [2.05, 4.69) is 42.2 Å². The summed E-state index contributed by atoms with van der Waals surface area (Å²) in [6.07, 6.45) is 5.00. The van der Waals surface area contributed by atoms with E-state index in [1.807, 2.05) is 4.68 Å². The highest BCUT2D eigenvalue weighted by Gasteiger charge is 2.25. The Balaban J connectivity index is 1.78. The third-order valence-electron chi connectivity index (χ3n) is 4.47. The fourth-order valence-electron chi connectivity index (χ4n) is 3.42. The van der Waals surface area contributed by atoms with Crippen LogP contribution in [0.4, 0.5) is 0 Å². The van der Waals surface area contributed by atoms with Crippen LogP contribution in [0.5, 0.6) is 0 Å². The molecule has 1 saturated heterocycles. The first-order valence-electron chi connectivity index (χ1n) is 8.67. The molecule has 6 nitrogen and oxygen atoms in total. The number of aromatic nitrogens is 3. The van der Waals surface area contributed by atoms with Crippen LogP contribution in [0.2, 0.25) is 0 Å². The lowest BCUT2D eigenvalue weighted by Crippen LogP contribution is -2.36. The molecule has 0 aliphatic carbocycles. The van der Waals surface area contributed by atoms with Crippen molar-refractivity contribution in [3.05, 3.63) is 11.9 Å². The predicted molar refractivity (Wildman–Crippen MR) is 88.7 cm³/mol. The van der Waals surface area contributed by atoms with Crippen molar-refractivity contribution in [2.45, 2.75) is 53.1 Å². The molecule has 0 amide bonds. The number of methoxy groups -OCH3 is 1. The quantitative estimate of drug-likeness (QED) is 0.721. The molecule has 0 aromatic carbocycles. The number of ether oxygens (including phenoxy) is 1. The lowest BCUT2D eigenvalue weighted by molar-refractivity contribution is -0.147. The first kappa shape index (κ1) is 17.9. The number of piperidine rings is 1. The summed E-state index contributed by atoms with van der Waals surface area (Å²) in [6.45, 7) is 10.3. The minimum Gasteiger partial charge on any atom is -0.469 e. The van der Waals surface area contributed by atoms with E-state index >= 15 is 0 Å². The van der Waals surface area contributed by atoms with Crippen LogP contribution >= 0.6 is 0 Å². The number of esters is 1. The van der Waals surface area contributed by atoms with Gasteiger partial charge in [-0.2, -0.15) is 0 Å². The molecule has 1 aliphatic rings. The second kappa shape index (κ2) is 8.43. The van der Waals surface area contributed by atoms with Gasteiger partial charge in [0.25, 0.3) is 0 Å². The molecule has 2 heterocycles. The highest BCUT2D eigenvalue weighted by atomic mass is 16.5. The maximum absolute atomic E-state index is 11.5. The van der Waals surface area contributed by atoms with Gasteiger partial charge in [0, 0.05) is 19.3 Å². The molecule has 1 aliphatic heterocycles. The molecule has 1 unspecified atom stereocenters. The first-order valence-corrected chi connectivity index (χ1v) is 8.67. The van der Waals surface area contributed by atoms with E-state index in [1.54, 1.807) is 0 Å². The van der Waals surface area contributed by atoms with E-state index in [0.717, 1.165) is 44.7 Å². The number of likely N-dealkylation sites (tertiary alicyclic amines) is 1. The van der Waals surface area contributed by atoms with Crippen molar-refractivity contribution >= 4 is 5.97 Å². The number of hydrogen-bond donors (Lipinski definition) is 0. The molecule has 0 bridgehead atoms. The van der Waals surface area contributed by atoms with Crippen LogP contribution < -0.4 is 0 Å². The van der Waals surface area contributed by atoms with Gasteiger partial charge in [-0.3, -0.25) is 14.4 Å². The molecule has 1 aromatic heterocycles. The maximum Gasteiger partial charge on any atom is 0.308 e. The van der Waals surface area contributed by atoms with Crippen molar-refractivity contribution < 1.29 is 9.53 Å². The number of carbonyl (C=O) groups excluding carboxylic acids is 1. The molecule has 0 spiro atoms. The largest absolute Gasteiger partial charge is 0.469 e. The van der Waals surface area contributed by atoms with Crippen molar-refractivity contribution in [2.75, 3.05) is 20.2 Å². The van der Waals surface area contributed by atoms with Crippen molar-refractivity contribution in [1.29, 1.82) is 0 Å². The topological polar surface area (TPSA) is 60.2 Å². The Kier molecular flexibility index (Phi) is 6.57. The van der Waals surface area contributed by atoms with Crippen LogP contribution in [-0.2, 0) is 22.6 Å². The lowest BCUT2D eigenvalue weighted by Gasteiger charge is -2.29. The summed E-state index contributed by atoms with van der Waals surface area (Å²) in [5, 5.41) is 8.54. The fourth-order valence-corrected chi connectivity index (χ4v) is 3.42. The molecular formula is C17H30N4O2. The zero-order chi connectivity index (χ0) is 16.8. The van der Waals surface area contributed by atoms with Gasteiger partial charge in [-0.25, -0.2) is 0 Å². The second-order valence-electron chi connectivity index (χ2n) is 7.24. The molecule has 130 valence electrons. The van der Waals surface area contributed by atoms with Gasteiger partial charge in [-0.1, -0.05) is 26.0 Å². The highest BCUT2D eigenvalue weighted by Crippen LogP contribution is 2.19. The van der Waals surface area contributed by atoms with Crippen LogP contribution in [0.25, 0.3) is 0 Å². The van der Waals surface area contributed by atoms with Gasteiger partial charge in [0.05, 0.1) is 18.7 Å². The maximum atomic E-state index is 11.5. The van der Waals surface area contributed by atoms with Gasteiger partial charge in [0.1, 0.15) is 0 Å². The van der Waals surface area contributed by atoms with Crippen LogP contribution in [0, 0.1) is 17.8 Å². The summed E-state index contributed by atoms with van der Waals surface area (Å²) < 4.78 is 6.79. The van der Waals surface area contributed by atoms with Gasteiger partial charge >= 0.3 is 5.97 Å². The van der Waals surface area contributed by atoms with Gasteiger partial charge in [-0.15, -0.1) is 5.10 Å². The van der Waals surface area contributed by atoms with Crippen molar-refractivity contribution in [1.82, 2.24) is 19.9 Å². The van der Waals surface area contributed by atoms with Crippen LogP contribution in [0.15, 0.2) is 6.20 Å². The average Bonchev–Trinajstić information content (AvgIpc) is 2.93. The molecule has 0 saturated carbocycles. The molecule has 1 atom stereocenters. The summed E-state index contributed by atoms with van der Waals surface area (Å²) in [5.41, 5.74) is 1.01. The molecule has 2 rings (SSSR count). The van der Waals surface area contributed by atoms with Gasteiger partial charge in [0.2, 0.25) is 0 Å². The van der Waals surface area contributed by atoms with Gasteiger partial charge < -0.3 is 4.74 Å². The van der Waals surface area contributed by atoms with E-state index in [9.17, 15) is 4.79 Å². The molecule has 23 heavy (non-hydrogen) atoms. The SMILES string of the molecule is COC(=O)C1CCN(Cc2cn(CC(C)CC(C)C)nn2)CC1. The zero-order valence-electron chi connectivity index (χ0n) is 14.9. The Labute approximate surface area is 139 Å². The molecule has 6 heteroatoms. The average molecular weight is 322 g/mol. The summed E-state index contributed by atoms with van der Waals surface area (Å²) in [6, 6.07) is 0. The summed E-state index contributed by atoms with van der Waals surface area (Å²) in [7, 11) is 1.47. The van der Waals surface area contributed by atoms with E-state index in [0.29, 0.717) is 11.8 Å². The van der Waals surface area contributed by atoms with Crippen LogP contribution in [0.1, 0.15) is 45.7 Å². The van der Waals surface area contributed by atoms with Crippen LogP contribution in [-0.4, -0.2) is 46.1 Å². The molecule has 0 radical (unpaired) electrons. The van der Waals surface area contributed by atoms with Gasteiger partial charge in [-0.05, 0) is 44.2 Å². The van der Waals surface area contributed by atoms with Crippen LogP contribution in [0.3, 0.4) is 0 Å². The van der Waals surface area contributed by atoms with Gasteiger partial charge in [0.15, 0.2) is 0 Å². The third kappa shape index (κ3) is 5.61. The number of rotatable bonds is 7. The van der Waals surface area contributed by atoms with E-state index in [-0.39, 0.29) is 11.9 Å². The summed E-state index contributed by atoms with van der Waals surface area (Å²) in [5.74, 6) is 1.31. The van der Waals surface area contributed by atoms with E-state index < -0.39 is 0 Å². The number of nitrogens with zero attached hydrogens (tertiary/aromatic N) is 4. The Morgan fingerprint density at radius 3 is 2.65 bits per heavy atom.